The Labute approximate surface area is 126 Å². The van der Waals surface area contributed by atoms with Crippen LogP contribution in [-0.2, 0) is 6.42 Å². The molecule has 3 nitrogen and oxygen atoms in total. The van der Waals surface area contributed by atoms with Crippen molar-refractivity contribution >= 4 is 0 Å². The Hall–Kier alpha value is -2.00. The zero-order valence-electron chi connectivity index (χ0n) is 13.1. The highest BCUT2D eigenvalue weighted by atomic mass is 16.5. The van der Waals surface area contributed by atoms with Crippen LogP contribution in [0.3, 0.4) is 0 Å². The van der Waals surface area contributed by atoms with Crippen LogP contribution < -0.4 is 14.8 Å². The van der Waals surface area contributed by atoms with Gasteiger partial charge in [-0.05, 0) is 42.8 Å². The second-order valence-corrected chi connectivity index (χ2v) is 4.92. The summed E-state index contributed by atoms with van der Waals surface area (Å²) in [5.74, 6) is 1.69. The summed E-state index contributed by atoms with van der Waals surface area (Å²) in [5, 5.41) is 3.36. The van der Waals surface area contributed by atoms with Gasteiger partial charge < -0.3 is 14.8 Å². The van der Waals surface area contributed by atoms with Crippen LogP contribution in [0.2, 0.25) is 0 Å². The lowest BCUT2D eigenvalue weighted by atomic mass is 9.96. The van der Waals surface area contributed by atoms with Gasteiger partial charge in [-0.1, -0.05) is 31.2 Å². The summed E-state index contributed by atoms with van der Waals surface area (Å²) < 4.78 is 10.8. The minimum Gasteiger partial charge on any atom is -0.497 e. The van der Waals surface area contributed by atoms with E-state index in [4.69, 9.17) is 9.47 Å². The average molecular weight is 285 g/mol. The van der Waals surface area contributed by atoms with Gasteiger partial charge in [0.2, 0.25) is 0 Å². The number of nitrogens with one attached hydrogen (secondary N) is 1. The van der Waals surface area contributed by atoms with E-state index in [1.165, 1.54) is 11.1 Å². The zero-order chi connectivity index (χ0) is 15.2. The van der Waals surface area contributed by atoms with Crippen LogP contribution in [0.15, 0.2) is 42.5 Å². The number of rotatable bonds is 6. The number of hydrogen-bond acceptors (Lipinski definition) is 3. The van der Waals surface area contributed by atoms with E-state index in [9.17, 15) is 0 Å². The number of methoxy groups -OCH3 is 2. The van der Waals surface area contributed by atoms with Crippen molar-refractivity contribution in [1.29, 1.82) is 0 Å². The second-order valence-electron chi connectivity index (χ2n) is 4.92. The first-order chi connectivity index (χ1) is 10.2. The van der Waals surface area contributed by atoms with E-state index >= 15 is 0 Å². The molecule has 0 aliphatic carbocycles. The Morgan fingerprint density at radius 1 is 1.00 bits per heavy atom. The molecule has 21 heavy (non-hydrogen) atoms. The lowest BCUT2D eigenvalue weighted by Gasteiger charge is -2.21. The quantitative estimate of drug-likeness (QED) is 0.880. The van der Waals surface area contributed by atoms with E-state index in [1.807, 2.05) is 25.2 Å². The number of hydrogen-bond donors (Lipinski definition) is 1. The number of aryl methyl sites for hydroxylation is 1. The van der Waals surface area contributed by atoms with Gasteiger partial charge in [0.25, 0.3) is 0 Å². The molecule has 0 aliphatic heterocycles. The molecule has 1 unspecified atom stereocenters. The van der Waals surface area contributed by atoms with Crippen LogP contribution in [0.4, 0.5) is 0 Å². The molecule has 0 heterocycles. The van der Waals surface area contributed by atoms with Crippen LogP contribution in [0.1, 0.15) is 29.7 Å². The topological polar surface area (TPSA) is 30.5 Å². The fraction of sp³-hybridized carbons (Fsp3) is 0.333. The summed E-state index contributed by atoms with van der Waals surface area (Å²) in [6, 6.07) is 14.6. The zero-order valence-corrected chi connectivity index (χ0v) is 13.1. The van der Waals surface area contributed by atoms with Crippen molar-refractivity contribution in [1.82, 2.24) is 5.32 Å². The molecule has 0 aliphatic rings. The molecule has 0 amide bonds. The van der Waals surface area contributed by atoms with E-state index in [0.717, 1.165) is 23.5 Å². The van der Waals surface area contributed by atoms with Crippen molar-refractivity contribution in [3.8, 4) is 11.5 Å². The van der Waals surface area contributed by atoms with Crippen molar-refractivity contribution < 1.29 is 9.47 Å². The highest BCUT2D eigenvalue weighted by molar-refractivity contribution is 5.46. The molecule has 2 aromatic carbocycles. The molecular weight excluding hydrogens is 262 g/mol. The summed E-state index contributed by atoms with van der Waals surface area (Å²) in [5.41, 5.74) is 3.62. The summed E-state index contributed by atoms with van der Waals surface area (Å²) in [6.45, 7) is 2.16. The van der Waals surface area contributed by atoms with Gasteiger partial charge in [-0.2, -0.15) is 0 Å². The van der Waals surface area contributed by atoms with Crippen molar-refractivity contribution in [2.24, 2.45) is 0 Å². The van der Waals surface area contributed by atoms with Crippen LogP contribution in [0.5, 0.6) is 11.5 Å². The maximum atomic E-state index is 5.50. The average Bonchev–Trinajstić information content (AvgIpc) is 2.56. The highest BCUT2D eigenvalue weighted by Gasteiger charge is 2.17. The summed E-state index contributed by atoms with van der Waals surface area (Å²) in [7, 11) is 5.32. The molecule has 2 rings (SSSR count). The SMILES string of the molecule is CCc1ccc(C(NC)c2cc(OC)ccc2OC)cc1. The third-order valence-electron chi connectivity index (χ3n) is 3.76. The first-order valence-corrected chi connectivity index (χ1v) is 7.21. The van der Waals surface area contributed by atoms with E-state index in [1.54, 1.807) is 14.2 Å². The molecule has 1 N–H and O–H groups in total. The molecule has 0 saturated carbocycles. The summed E-state index contributed by atoms with van der Waals surface area (Å²) >= 11 is 0. The van der Waals surface area contributed by atoms with Crippen LogP contribution in [0, 0.1) is 0 Å². The molecule has 1 atom stereocenters. The van der Waals surface area contributed by atoms with E-state index in [0.29, 0.717) is 0 Å². The molecule has 3 heteroatoms. The van der Waals surface area contributed by atoms with Gasteiger partial charge in [0.1, 0.15) is 11.5 Å². The standard InChI is InChI=1S/C18H23NO2/c1-5-13-6-8-14(9-7-13)18(19-2)16-12-15(20-3)10-11-17(16)21-4/h6-12,18-19H,5H2,1-4H3. The lowest BCUT2D eigenvalue weighted by molar-refractivity contribution is 0.395. The number of benzene rings is 2. The normalized spacial score (nSPS) is 12.0. The highest BCUT2D eigenvalue weighted by Crippen LogP contribution is 2.33. The van der Waals surface area contributed by atoms with Crippen LogP contribution in [-0.4, -0.2) is 21.3 Å². The Bertz CT molecular complexity index is 578. The molecule has 0 fully saturated rings. The van der Waals surface area contributed by atoms with Gasteiger partial charge in [-0.3, -0.25) is 0 Å². The lowest BCUT2D eigenvalue weighted by Crippen LogP contribution is -2.18. The van der Waals surface area contributed by atoms with Crippen LogP contribution in [0.25, 0.3) is 0 Å². The Morgan fingerprint density at radius 2 is 1.71 bits per heavy atom. The van der Waals surface area contributed by atoms with Crippen molar-refractivity contribution in [2.75, 3.05) is 21.3 Å². The van der Waals surface area contributed by atoms with Gasteiger partial charge in [0.05, 0.1) is 20.3 Å². The van der Waals surface area contributed by atoms with Gasteiger partial charge in [0, 0.05) is 5.56 Å². The maximum absolute atomic E-state index is 5.50. The molecule has 0 saturated heterocycles. The molecule has 0 aromatic heterocycles. The Balaban J connectivity index is 2.43. The van der Waals surface area contributed by atoms with Gasteiger partial charge in [-0.15, -0.1) is 0 Å². The summed E-state index contributed by atoms with van der Waals surface area (Å²) in [6.07, 6.45) is 1.05. The molecule has 0 radical (unpaired) electrons. The first-order valence-electron chi connectivity index (χ1n) is 7.21. The van der Waals surface area contributed by atoms with Gasteiger partial charge in [0.15, 0.2) is 0 Å². The van der Waals surface area contributed by atoms with E-state index < -0.39 is 0 Å². The Morgan fingerprint density at radius 3 is 2.24 bits per heavy atom. The van der Waals surface area contributed by atoms with Crippen molar-refractivity contribution in [2.45, 2.75) is 19.4 Å². The minimum atomic E-state index is 0.0703. The molecular formula is C18H23NO2. The predicted octanol–water partition coefficient (Wildman–Crippen LogP) is 3.58. The minimum absolute atomic E-state index is 0.0703. The monoisotopic (exact) mass is 285 g/mol. The van der Waals surface area contributed by atoms with Gasteiger partial charge in [-0.25, -0.2) is 0 Å². The smallest absolute Gasteiger partial charge is 0.124 e. The molecule has 0 spiro atoms. The summed E-state index contributed by atoms with van der Waals surface area (Å²) in [4.78, 5) is 0. The largest absolute Gasteiger partial charge is 0.497 e. The molecule has 0 bridgehead atoms. The fourth-order valence-corrected chi connectivity index (χ4v) is 2.51. The predicted molar refractivity (Wildman–Crippen MR) is 86.3 cm³/mol. The molecule has 112 valence electrons. The third kappa shape index (κ3) is 3.37. The number of ether oxygens (including phenoxy) is 2. The van der Waals surface area contributed by atoms with E-state index in [2.05, 4.69) is 36.5 Å². The van der Waals surface area contributed by atoms with Crippen molar-refractivity contribution in [3.63, 3.8) is 0 Å². The second kappa shape index (κ2) is 7.14. The third-order valence-corrected chi connectivity index (χ3v) is 3.76. The van der Waals surface area contributed by atoms with E-state index in [-0.39, 0.29) is 6.04 Å². The first kappa shape index (κ1) is 15.4. The van der Waals surface area contributed by atoms with Crippen molar-refractivity contribution in [3.05, 3.63) is 59.2 Å². The maximum Gasteiger partial charge on any atom is 0.124 e. The fourth-order valence-electron chi connectivity index (χ4n) is 2.51. The van der Waals surface area contributed by atoms with Crippen LogP contribution >= 0.6 is 0 Å². The van der Waals surface area contributed by atoms with Gasteiger partial charge >= 0.3 is 0 Å². The Kier molecular flexibility index (Phi) is 5.23. The molecule has 2 aromatic rings.